The summed E-state index contributed by atoms with van der Waals surface area (Å²) in [6.45, 7) is 2.78. The first-order valence-corrected chi connectivity index (χ1v) is 6.16. The second kappa shape index (κ2) is 6.00. The van der Waals surface area contributed by atoms with Crippen LogP contribution in [0.2, 0.25) is 0 Å². The number of benzene rings is 1. The van der Waals surface area contributed by atoms with E-state index in [0.29, 0.717) is 5.56 Å². The number of hydrogen-bond donors (Lipinski definition) is 2. The summed E-state index contributed by atoms with van der Waals surface area (Å²) in [5.74, 6) is -0.0744. The molecule has 1 aromatic carbocycles. The third kappa shape index (κ3) is 3.31. The number of carbonyl (C=O) groups is 1. The highest BCUT2D eigenvalue weighted by Gasteiger charge is 2.02. The highest BCUT2D eigenvalue weighted by molar-refractivity contribution is 5.94. The first-order chi connectivity index (χ1) is 9.20. The van der Waals surface area contributed by atoms with Crippen molar-refractivity contribution in [2.75, 3.05) is 12.4 Å². The van der Waals surface area contributed by atoms with Crippen molar-refractivity contribution >= 4 is 11.6 Å². The molecule has 1 aromatic heterocycles. The molecule has 0 aliphatic carbocycles. The zero-order valence-corrected chi connectivity index (χ0v) is 11.1. The predicted octanol–water partition coefficient (Wildman–Crippen LogP) is 2.36. The van der Waals surface area contributed by atoms with E-state index in [9.17, 15) is 4.79 Å². The third-order valence-corrected chi connectivity index (χ3v) is 3.00. The van der Waals surface area contributed by atoms with Crippen LogP contribution in [0.15, 0.2) is 42.7 Å². The zero-order chi connectivity index (χ0) is 13.7. The number of anilines is 1. The Morgan fingerprint density at radius 1 is 1.21 bits per heavy atom. The Morgan fingerprint density at radius 2 is 1.95 bits per heavy atom. The summed E-state index contributed by atoms with van der Waals surface area (Å²) in [6.07, 6.45) is 3.65. The SMILES string of the molecule is CNC(=O)c1ccc(NCc2cnccc2C)cc1. The molecule has 1 heterocycles. The lowest BCUT2D eigenvalue weighted by atomic mass is 10.1. The van der Waals surface area contributed by atoms with Crippen LogP contribution in [0.1, 0.15) is 21.5 Å². The van der Waals surface area contributed by atoms with Crippen LogP contribution in [0.5, 0.6) is 0 Å². The van der Waals surface area contributed by atoms with E-state index in [1.807, 2.05) is 24.4 Å². The maximum Gasteiger partial charge on any atom is 0.251 e. The van der Waals surface area contributed by atoms with E-state index >= 15 is 0 Å². The van der Waals surface area contributed by atoms with Crippen LogP contribution in [0.25, 0.3) is 0 Å². The molecule has 0 radical (unpaired) electrons. The molecule has 0 aliphatic heterocycles. The van der Waals surface area contributed by atoms with Gasteiger partial charge in [-0.2, -0.15) is 0 Å². The summed E-state index contributed by atoms with van der Waals surface area (Å²) in [7, 11) is 1.62. The van der Waals surface area contributed by atoms with Crippen molar-refractivity contribution in [2.24, 2.45) is 0 Å². The smallest absolute Gasteiger partial charge is 0.251 e. The minimum Gasteiger partial charge on any atom is -0.381 e. The van der Waals surface area contributed by atoms with Crippen molar-refractivity contribution in [3.05, 3.63) is 59.4 Å². The number of aryl methyl sites for hydroxylation is 1. The van der Waals surface area contributed by atoms with Gasteiger partial charge in [0.1, 0.15) is 0 Å². The highest BCUT2D eigenvalue weighted by Crippen LogP contribution is 2.12. The molecule has 0 bridgehead atoms. The largest absolute Gasteiger partial charge is 0.381 e. The molecular weight excluding hydrogens is 238 g/mol. The maximum atomic E-state index is 11.4. The Morgan fingerprint density at radius 3 is 2.58 bits per heavy atom. The van der Waals surface area contributed by atoms with Crippen LogP contribution < -0.4 is 10.6 Å². The molecule has 2 aromatic rings. The fourth-order valence-electron chi connectivity index (χ4n) is 1.76. The molecule has 0 saturated carbocycles. The third-order valence-electron chi connectivity index (χ3n) is 3.00. The summed E-state index contributed by atoms with van der Waals surface area (Å²) in [5, 5.41) is 5.91. The van der Waals surface area contributed by atoms with Crippen molar-refractivity contribution in [1.82, 2.24) is 10.3 Å². The predicted molar refractivity (Wildman–Crippen MR) is 76.1 cm³/mol. The van der Waals surface area contributed by atoms with Gasteiger partial charge in [0.15, 0.2) is 0 Å². The molecule has 0 spiro atoms. The van der Waals surface area contributed by atoms with Gasteiger partial charge in [-0.15, -0.1) is 0 Å². The lowest BCUT2D eigenvalue weighted by Crippen LogP contribution is -2.17. The summed E-state index contributed by atoms with van der Waals surface area (Å²) < 4.78 is 0. The van der Waals surface area contributed by atoms with Gasteiger partial charge in [-0.3, -0.25) is 9.78 Å². The first kappa shape index (κ1) is 13.1. The van der Waals surface area contributed by atoms with Crippen molar-refractivity contribution in [1.29, 1.82) is 0 Å². The van der Waals surface area contributed by atoms with Crippen molar-refractivity contribution in [3.8, 4) is 0 Å². The molecule has 0 saturated heterocycles. The van der Waals surface area contributed by atoms with E-state index in [1.165, 1.54) is 5.56 Å². The van der Waals surface area contributed by atoms with E-state index in [-0.39, 0.29) is 5.91 Å². The molecule has 19 heavy (non-hydrogen) atoms. The van der Waals surface area contributed by atoms with Crippen LogP contribution in [0, 0.1) is 6.92 Å². The molecule has 0 aliphatic rings. The molecule has 2 N–H and O–H groups in total. The van der Waals surface area contributed by atoms with Gasteiger partial charge in [-0.05, 0) is 48.4 Å². The summed E-state index contributed by atoms with van der Waals surface area (Å²) in [5.41, 5.74) is 4.02. The van der Waals surface area contributed by atoms with E-state index in [2.05, 4.69) is 22.5 Å². The molecule has 2 rings (SSSR count). The number of nitrogens with zero attached hydrogens (tertiary/aromatic N) is 1. The molecule has 0 fully saturated rings. The maximum absolute atomic E-state index is 11.4. The molecular formula is C15H17N3O. The molecule has 0 atom stereocenters. The fourth-order valence-corrected chi connectivity index (χ4v) is 1.76. The Bertz CT molecular complexity index is 564. The van der Waals surface area contributed by atoms with Crippen molar-refractivity contribution in [3.63, 3.8) is 0 Å². The van der Waals surface area contributed by atoms with E-state index in [4.69, 9.17) is 0 Å². The van der Waals surface area contributed by atoms with Gasteiger partial charge >= 0.3 is 0 Å². The standard InChI is InChI=1S/C15H17N3O/c1-11-7-8-17-9-13(11)10-18-14-5-3-12(4-6-14)15(19)16-2/h3-9,18H,10H2,1-2H3,(H,16,19). The van der Waals surface area contributed by atoms with E-state index < -0.39 is 0 Å². The second-order valence-electron chi connectivity index (χ2n) is 4.31. The summed E-state index contributed by atoms with van der Waals surface area (Å²) in [4.78, 5) is 15.5. The van der Waals surface area contributed by atoms with Gasteiger partial charge in [-0.25, -0.2) is 0 Å². The van der Waals surface area contributed by atoms with Crippen LogP contribution in [-0.4, -0.2) is 17.9 Å². The Hall–Kier alpha value is -2.36. The number of rotatable bonds is 4. The lowest BCUT2D eigenvalue weighted by molar-refractivity contribution is 0.0963. The molecule has 98 valence electrons. The van der Waals surface area contributed by atoms with E-state index in [0.717, 1.165) is 17.8 Å². The van der Waals surface area contributed by atoms with Gasteiger partial charge in [0.05, 0.1) is 0 Å². The summed E-state index contributed by atoms with van der Waals surface area (Å²) >= 11 is 0. The Balaban J connectivity index is 2.01. The number of hydrogen-bond acceptors (Lipinski definition) is 3. The molecule has 4 nitrogen and oxygen atoms in total. The molecule has 0 unspecified atom stereocenters. The second-order valence-corrected chi connectivity index (χ2v) is 4.31. The minimum absolute atomic E-state index is 0.0744. The van der Waals surface area contributed by atoms with Gasteiger partial charge in [-0.1, -0.05) is 0 Å². The minimum atomic E-state index is -0.0744. The number of amides is 1. The molecule has 1 amide bonds. The lowest BCUT2D eigenvalue weighted by Gasteiger charge is -2.09. The monoisotopic (exact) mass is 255 g/mol. The highest BCUT2D eigenvalue weighted by atomic mass is 16.1. The average molecular weight is 255 g/mol. The molecule has 4 heteroatoms. The number of carbonyl (C=O) groups excluding carboxylic acids is 1. The fraction of sp³-hybridized carbons (Fsp3) is 0.200. The number of aromatic nitrogens is 1. The Labute approximate surface area is 112 Å². The van der Waals surface area contributed by atoms with Crippen LogP contribution in [0.3, 0.4) is 0 Å². The van der Waals surface area contributed by atoms with Crippen LogP contribution in [0.4, 0.5) is 5.69 Å². The Kier molecular flexibility index (Phi) is 4.13. The first-order valence-electron chi connectivity index (χ1n) is 6.16. The summed E-state index contributed by atoms with van der Waals surface area (Å²) in [6, 6.07) is 9.40. The zero-order valence-electron chi connectivity index (χ0n) is 11.1. The van der Waals surface area contributed by atoms with Gasteiger partial charge in [0.25, 0.3) is 5.91 Å². The van der Waals surface area contributed by atoms with Crippen molar-refractivity contribution in [2.45, 2.75) is 13.5 Å². The van der Waals surface area contributed by atoms with Gasteiger partial charge < -0.3 is 10.6 Å². The van der Waals surface area contributed by atoms with Crippen LogP contribution in [-0.2, 0) is 6.54 Å². The number of pyridine rings is 1. The topological polar surface area (TPSA) is 54.0 Å². The van der Waals surface area contributed by atoms with E-state index in [1.54, 1.807) is 25.4 Å². The normalized spacial score (nSPS) is 10.0. The average Bonchev–Trinajstić information content (AvgIpc) is 2.46. The van der Waals surface area contributed by atoms with Gasteiger partial charge in [0.2, 0.25) is 0 Å². The number of nitrogens with one attached hydrogen (secondary N) is 2. The van der Waals surface area contributed by atoms with Crippen molar-refractivity contribution < 1.29 is 4.79 Å². The van der Waals surface area contributed by atoms with Gasteiger partial charge in [0, 0.05) is 37.2 Å². The van der Waals surface area contributed by atoms with Crippen LogP contribution >= 0.6 is 0 Å². The quantitative estimate of drug-likeness (QED) is 0.881.